The molecular weight excluding hydrogens is 262 g/mol. The lowest BCUT2D eigenvalue weighted by Crippen LogP contribution is -2.18. The number of benzene rings is 1. The van der Waals surface area contributed by atoms with E-state index in [4.69, 9.17) is 0 Å². The maximum Gasteiger partial charge on any atom is 0.263 e. The number of aromatic nitrogens is 1. The molecule has 3 rings (SSSR count). The molecule has 1 unspecified atom stereocenters. The van der Waals surface area contributed by atoms with Crippen LogP contribution in [0.5, 0.6) is 0 Å². The first-order valence-corrected chi connectivity index (χ1v) is 6.26. The fraction of sp³-hybridized carbons (Fsp3) is 0.200. The molecule has 2 heterocycles. The van der Waals surface area contributed by atoms with E-state index < -0.39 is 12.3 Å². The summed E-state index contributed by atoms with van der Waals surface area (Å²) in [6.07, 6.45) is -0.938. The second kappa shape index (κ2) is 4.67. The maximum absolute atomic E-state index is 12.8. The summed E-state index contributed by atoms with van der Waals surface area (Å²) in [5.74, 6) is -0.663. The van der Waals surface area contributed by atoms with Gasteiger partial charge in [0, 0.05) is 28.6 Å². The van der Waals surface area contributed by atoms with Gasteiger partial charge in [0.15, 0.2) is 0 Å². The number of anilines is 1. The van der Waals surface area contributed by atoms with Crippen LogP contribution in [0.3, 0.4) is 0 Å². The van der Waals surface area contributed by atoms with Crippen LogP contribution in [-0.2, 0) is 4.79 Å². The molecule has 1 aromatic carbocycles. The molecule has 2 aromatic rings. The Morgan fingerprint density at radius 2 is 2.05 bits per heavy atom. The Morgan fingerprint density at radius 3 is 2.80 bits per heavy atom. The van der Waals surface area contributed by atoms with Gasteiger partial charge in [0.2, 0.25) is 5.91 Å². The first kappa shape index (κ1) is 12.7. The number of hydrogen-bond acceptors (Lipinski definition) is 2. The Labute approximate surface area is 114 Å². The molecule has 5 heteroatoms. The Balaban J connectivity index is 2.24. The number of nitrogens with one attached hydrogen (secondary N) is 1. The molecule has 0 saturated heterocycles. The molecule has 3 nitrogen and oxygen atoms in total. The minimum absolute atomic E-state index is 0.107. The fourth-order valence-corrected chi connectivity index (χ4v) is 2.39. The lowest BCUT2D eigenvalue weighted by Gasteiger charge is -2.10. The summed E-state index contributed by atoms with van der Waals surface area (Å²) in [7, 11) is 0. The summed E-state index contributed by atoms with van der Waals surface area (Å²) in [5, 5.41) is 2.70. The Bertz CT molecular complexity index is 685. The first-order chi connectivity index (χ1) is 9.58. The number of carbonyl (C=O) groups excluding carboxylic acids is 1. The molecule has 0 fully saturated rings. The van der Waals surface area contributed by atoms with Crippen molar-refractivity contribution in [1.29, 1.82) is 0 Å². The van der Waals surface area contributed by atoms with E-state index in [-0.39, 0.29) is 11.5 Å². The highest BCUT2D eigenvalue weighted by Crippen LogP contribution is 2.38. The van der Waals surface area contributed by atoms with Crippen LogP contribution in [0.4, 0.5) is 14.5 Å². The summed E-state index contributed by atoms with van der Waals surface area (Å²) >= 11 is 0. The minimum atomic E-state index is -2.56. The van der Waals surface area contributed by atoms with E-state index in [9.17, 15) is 13.6 Å². The molecule has 1 aromatic heterocycles. The van der Waals surface area contributed by atoms with Crippen LogP contribution in [0, 0.1) is 0 Å². The van der Waals surface area contributed by atoms with Crippen molar-refractivity contribution in [2.75, 3.05) is 5.32 Å². The monoisotopic (exact) mass is 274 g/mol. The zero-order valence-corrected chi connectivity index (χ0v) is 10.7. The van der Waals surface area contributed by atoms with Crippen molar-refractivity contribution in [1.82, 2.24) is 4.98 Å². The summed E-state index contributed by atoms with van der Waals surface area (Å²) in [5.41, 5.74) is 2.48. The SMILES string of the molecule is CC1C(=O)Nc2cc(C(F)F)ccc2-c2cccnc21. The van der Waals surface area contributed by atoms with Crippen LogP contribution >= 0.6 is 0 Å². The molecule has 1 aliphatic heterocycles. The van der Waals surface area contributed by atoms with Crippen LogP contribution < -0.4 is 5.32 Å². The number of carbonyl (C=O) groups is 1. The summed E-state index contributed by atoms with van der Waals surface area (Å²) in [6.45, 7) is 1.75. The van der Waals surface area contributed by atoms with Crippen molar-refractivity contribution in [3.05, 3.63) is 47.8 Å². The molecule has 1 atom stereocenters. The van der Waals surface area contributed by atoms with Crippen molar-refractivity contribution in [3.8, 4) is 11.1 Å². The molecule has 0 spiro atoms. The third-order valence-electron chi connectivity index (χ3n) is 3.49. The van der Waals surface area contributed by atoms with E-state index >= 15 is 0 Å². The van der Waals surface area contributed by atoms with Gasteiger partial charge in [0.1, 0.15) is 0 Å². The van der Waals surface area contributed by atoms with E-state index in [1.54, 1.807) is 25.3 Å². The van der Waals surface area contributed by atoms with Gasteiger partial charge >= 0.3 is 0 Å². The zero-order chi connectivity index (χ0) is 14.3. The highest BCUT2D eigenvalue weighted by Gasteiger charge is 2.26. The van der Waals surface area contributed by atoms with Crippen molar-refractivity contribution < 1.29 is 13.6 Å². The van der Waals surface area contributed by atoms with Gasteiger partial charge in [0.05, 0.1) is 11.6 Å². The van der Waals surface area contributed by atoms with E-state index in [0.29, 0.717) is 11.4 Å². The number of hydrogen-bond donors (Lipinski definition) is 1. The third-order valence-corrected chi connectivity index (χ3v) is 3.49. The third kappa shape index (κ3) is 1.95. The van der Waals surface area contributed by atoms with Crippen molar-refractivity contribution >= 4 is 11.6 Å². The molecule has 1 N–H and O–H groups in total. The fourth-order valence-electron chi connectivity index (χ4n) is 2.39. The average Bonchev–Trinajstić information content (AvgIpc) is 2.55. The number of pyridine rings is 1. The molecule has 0 saturated carbocycles. The summed E-state index contributed by atoms with van der Waals surface area (Å²) in [4.78, 5) is 16.3. The molecule has 102 valence electrons. The molecule has 1 amide bonds. The minimum Gasteiger partial charge on any atom is -0.325 e. The van der Waals surface area contributed by atoms with Crippen LogP contribution in [0.2, 0.25) is 0 Å². The summed E-state index contributed by atoms with van der Waals surface area (Å²) < 4.78 is 25.6. The first-order valence-electron chi connectivity index (χ1n) is 6.26. The normalized spacial score (nSPS) is 17.2. The van der Waals surface area contributed by atoms with Gasteiger partial charge in [-0.2, -0.15) is 0 Å². The zero-order valence-electron chi connectivity index (χ0n) is 10.7. The average molecular weight is 274 g/mol. The molecule has 0 aliphatic carbocycles. The van der Waals surface area contributed by atoms with Crippen molar-refractivity contribution in [2.45, 2.75) is 19.3 Å². The molecule has 0 radical (unpaired) electrons. The molecular formula is C15H12F2N2O. The van der Waals surface area contributed by atoms with E-state index in [0.717, 1.165) is 11.1 Å². The predicted octanol–water partition coefficient (Wildman–Crippen LogP) is 3.74. The Kier molecular flexibility index (Phi) is 2.97. The van der Waals surface area contributed by atoms with Crippen LogP contribution in [0.25, 0.3) is 11.1 Å². The smallest absolute Gasteiger partial charge is 0.263 e. The van der Waals surface area contributed by atoms with Crippen molar-refractivity contribution in [2.24, 2.45) is 0 Å². The Morgan fingerprint density at radius 1 is 1.25 bits per heavy atom. The number of fused-ring (bicyclic) bond motifs is 3. The van der Waals surface area contributed by atoms with Crippen LogP contribution in [-0.4, -0.2) is 10.9 Å². The molecule has 1 aliphatic rings. The second-order valence-corrected chi connectivity index (χ2v) is 4.75. The highest BCUT2D eigenvalue weighted by molar-refractivity contribution is 6.02. The van der Waals surface area contributed by atoms with Crippen molar-refractivity contribution in [3.63, 3.8) is 0 Å². The largest absolute Gasteiger partial charge is 0.325 e. The molecule has 0 bridgehead atoms. The molecule has 20 heavy (non-hydrogen) atoms. The van der Waals surface area contributed by atoms with Gasteiger partial charge in [-0.3, -0.25) is 9.78 Å². The summed E-state index contributed by atoms with van der Waals surface area (Å²) in [6, 6.07) is 7.93. The van der Waals surface area contributed by atoms with Crippen LogP contribution in [0.15, 0.2) is 36.5 Å². The van der Waals surface area contributed by atoms with E-state index in [1.807, 2.05) is 6.07 Å². The number of alkyl halides is 2. The van der Waals surface area contributed by atoms with Gasteiger partial charge in [-0.05, 0) is 19.1 Å². The quantitative estimate of drug-likeness (QED) is 0.860. The lowest BCUT2D eigenvalue weighted by molar-refractivity contribution is -0.117. The number of amides is 1. The van der Waals surface area contributed by atoms with Crippen LogP contribution in [0.1, 0.15) is 30.5 Å². The standard InChI is InChI=1S/C15H12F2N2O/c1-8-13-11(3-2-6-18-13)10-5-4-9(14(16)17)7-12(10)19-15(8)20/h2-8,14H,1H3,(H,19,20). The van der Waals surface area contributed by atoms with Gasteiger partial charge < -0.3 is 5.32 Å². The maximum atomic E-state index is 12.8. The number of nitrogens with zero attached hydrogens (tertiary/aromatic N) is 1. The number of halogens is 2. The van der Waals surface area contributed by atoms with E-state index in [2.05, 4.69) is 10.3 Å². The lowest BCUT2D eigenvalue weighted by atomic mass is 9.97. The van der Waals surface area contributed by atoms with E-state index in [1.165, 1.54) is 12.1 Å². The van der Waals surface area contributed by atoms with Gasteiger partial charge in [-0.1, -0.05) is 18.2 Å². The number of rotatable bonds is 1. The topological polar surface area (TPSA) is 42.0 Å². The van der Waals surface area contributed by atoms with Gasteiger partial charge in [-0.15, -0.1) is 0 Å². The predicted molar refractivity (Wildman–Crippen MR) is 71.7 cm³/mol. The highest BCUT2D eigenvalue weighted by atomic mass is 19.3. The van der Waals surface area contributed by atoms with Gasteiger partial charge in [0.25, 0.3) is 6.43 Å². The second-order valence-electron chi connectivity index (χ2n) is 4.75. The Hall–Kier alpha value is -2.30. The van der Waals surface area contributed by atoms with Gasteiger partial charge in [-0.25, -0.2) is 8.78 Å².